The molecule has 0 radical (unpaired) electrons. The van der Waals surface area contributed by atoms with Crippen LogP contribution in [0.15, 0.2) is 23.0 Å². The van der Waals surface area contributed by atoms with Crippen molar-refractivity contribution in [3.05, 3.63) is 39.7 Å². The lowest BCUT2D eigenvalue weighted by atomic mass is 10.0. The van der Waals surface area contributed by atoms with Crippen LogP contribution in [0.4, 0.5) is 5.69 Å². The number of fused-ring (bicyclic) bond motifs is 1. The van der Waals surface area contributed by atoms with Crippen LogP contribution < -0.4 is 10.9 Å². The summed E-state index contributed by atoms with van der Waals surface area (Å²) in [4.78, 5) is 27.2. The second-order valence-electron chi connectivity index (χ2n) is 6.57. The molecule has 0 unspecified atom stereocenters. The smallest absolute Gasteiger partial charge is 0.251 e. The van der Waals surface area contributed by atoms with Crippen LogP contribution in [-0.4, -0.2) is 10.9 Å². The molecule has 0 aliphatic heterocycles. The maximum atomic E-state index is 12.2. The van der Waals surface area contributed by atoms with Crippen molar-refractivity contribution < 1.29 is 4.79 Å². The number of carbonyl (C=O) groups is 1. The van der Waals surface area contributed by atoms with E-state index in [1.54, 1.807) is 0 Å². The van der Waals surface area contributed by atoms with Gasteiger partial charge in [0.1, 0.15) is 0 Å². The second kappa shape index (κ2) is 6.57. The Morgan fingerprint density at radius 3 is 2.74 bits per heavy atom. The van der Waals surface area contributed by atoms with Crippen LogP contribution in [0, 0.1) is 12.8 Å². The van der Waals surface area contributed by atoms with Crippen LogP contribution in [0.2, 0.25) is 0 Å². The Labute approximate surface area is 136 Å². The zero-order valence-corrected chi connectivity index (χ0v) is 13.9. The standard InChI is InChI=1S/C19H24N2O2/c1-3-15-12(2)16-9-8-14(11-17(16)21-19(15)23)20-18(22)10-13-6-4-5-7-13/h8-9,11,13H,3-7,10H2,1-2H3,(H,20,22)(H,21,23). The molecule has 23 heavy (non-hydrogen) atoms. The number of benzene rings is 1. The summed E-state index contributed by atoms with van der Waals surface area (Å²) < 4.78 is 0. The molecule has 2 N–H and O–H groups in total. The number of carbonyl (C=O) groups excluding carboxylic acids is 1. The maximum absolute atomic E-state index is 12.2. The zero-order chi connectivity index (χ0) is 16.4. The van der Waals surface area contributed by atoms with Gasteiger partial charge in [0.2, 0.25) is 5.91 Å². The molecule has 1 aliphatic rings. The van der Waals surface area contributed by atoms with E-state index in [4.69, 9.17) is 0 Å². The number of amides is 1. The minimum Gasteiger partial charge on any atom is -0.326 e. The highest BCUT2D eigenvalue weighted by Crippen LogP contribution is 2.28. The fraction of sp³-hybridized carbons (Fsp3) is 0.474. The Kier molecular flexibility index (Phi) is 4.51. The van der Waals surface area contributed by atoms with Gasteiger partial charge < -0.3 is 10.3 Å². The van der Waals surface area contributed by atoms with E-state index in [-0.39, 0.29) is 11.5 Å². The van der Waals surface area contributed by atoms with Crippen molar-refractivity contribution in [1.29, 1.82) is 0 Å². The molecule has 1 aliphatic carbocycles. The van der Waals surface area contributed by atoms with E-state index in [2.05, 4.69) is 10.3 Å². The first-order valence-electron chi connectivity index (χ1n) is 8.54. The number of hydrogen-bond donors (Lipinski definition) is 2. The van der Waals surface area contributed by atoms with Crippen LogP contribution in [0.3, 0.4) is 0 Å². The number of aromatic amines is 1. The number of aryl methyl sites for hydroxylation is 1. The van der Waals surface area contributed by atoms with E-state index in [0.29, 0.717) is 12.3 Å². The molecule has 2 aromatic rings. The molecule has 0 saturated heterocycles. The number of nitrogens with one attached hydrogen (secondary N) is 2. The molecule has 0 bridgehead atoms. The molecule has 1 saturated carbocycles. The average Bonchev–Trinajstić information content (AvgIpc) is 3.00. The van der Waals surface area contributed by atoms with Gasteiger partial charge in [0.05, 0.1) is 5.52 Å². The third-order valence-electron chi connectivity index (χ3n) is 4.98. The summed E-state index contributed by atoms with van der Waals surface area (Å²) in [6, 6.07) is 5.75. The molecular weight excluding hydrogens is 288 g/mol. The lowest BCUT2D eigenvalue weighted by Crippen LogP contribution is -2.16. The third-order valence-corrected chi connectivity index (χ3v) is 4.98. The van der Waals surface area contributed by atoms with Crippen LogP contribution in [0.5, 0.6) is 0 Å². The first kappa shape index (κ1) is 15.8. The zero-order valence-electron chi connectivity index (χ0n) is 13.9. The lowest BCUT2D eigenvalue weighted by Gasteiger charge is -2.12. The second-order valence-corrected chi connectivity index (χ2v) is 6.57. The molecule has 122 valence electrons. The number of hydrogen-bond acceptors (Lipinski definition) is 2. The van der Waals surface area contributed by atoms with E-state index in [9.17, 15) is 9.59 Å². The van der Waals surface area contributed by atoms with Gasteiger partial charge in [-0.1, -0.05) is 25.8 Å². The van der Waals surface area contributed by atoms with Crippen LogP contribution in [0.25, 0.3) is 10.9 Å². The molecule has 0 spiro atoms. The number of rotatable bonds is 4. The minimum absolute atomic E-state index is 0.0352. The number of pyridine rings is 1. The first-order valence-corrected chi connectivity index (χ1v) is 8.54. The summed E-state index contributed by atoms with van der Waals surface area (Å²) in [5.41, 5.74) is 3.35. The molecule has 1 aromatic heterocycles. The summed E-state index contributed by atoms with van der Waals surface area (Å²) in [6.07, 6.45) is 6.14. The minimum atomic E-state index is -0.0352. The van der Waals surface area contributed by atoms with Crippen molar-refractivity contribution in [2.24, 2.45) is 5.92 Å². The average molecular weight is 312 g/mol. The van der Waals surface area contributed by atoms with Gasteiger partial charge in [-0.2, -0.15) is 0 Å². The van der Waals surface area contributed by atoms with Crippen molar-refractivity contribution in [2.45, 2.75) is 52.4 Å². The summed E-state index contributed by atoms with van der Waals surface area (Å²) in [6.45, 7) is 3.97. The van der Waals surface area contributed by atoms with Gasteiger partial charge in [0.25, 0.3) is 5.56 Å². The Bertz CT molecular complexity index is 786. The molecule has 1 aromatic carbocycles. The topological polar surface area (TPSA) is 62.0 Å². The van der Waals surface area contributed by atoms with Crippen molar-refractivity contribution in [1.82, 2.24) is 4.98 Å². The van der Waals surface area contributed by atoms with Crippen molar-refractivity contribution in [2.75, 3.05) is 5.32 Å². The molecule has 0 atom stereocenters. The van der Waals surface area contributed by atoms with E-state index >= 15 is 0 Å². The Hall–Kier alpha value is -2.10. The molecule has 1 fully saturated rings. The Balaban J connectivity index is 1.82. The highest BCUT2D eigenvalue weighted by molar-refractivity contribution is 5.94. The number of anilines is 1. The Morgan fingerprint density at radius 2 is 2.04 bits per heavy atom. The van der Waals surface area contributed by atoms with Crippen molar-refractivity contribution in [3.63, 3.8) is 0 Å². The van der Waals surface area contributed by atoms with Gasteiger partial charge in [-0.25, -0.2) is 0 Å². The molecule has 4 nitrogen and oxygen atoms in total. The molecule has 4 heteroatoms. The highest BCUT2D eigenvalue weighted by Gasteiger charge is 2.18. The van der Waals surface area contributed by atoms with Crippen LogP contribution in [0.1, 0.15) is 50.2 Å². The van der Waals surface area contributed by atoms with Gasteiger partial charge in [-0.3, -0.25) is 9.59 Å². The first-order chi connectivity index (χ1) is 11.1. The third kappa shape index (κ3) is 3.31. The van der Waals surface area contributed by atoms with Crippen molar-refractivity contribution in [3.8, 4) is 0 Å². The fourth-order valence-electron chi connectivity index (χ4n) is 3.70. The molecule has 1 amide bonds. The van der Waals surface area contributed by atoms with Gasteiger partial charge in [0.15, 0.2) is 0 Å². The van der Waals surface area contributed by atoms with Gasteiger partial charge in [0, 0.05) is 23.1 Å². The SMILES string of the molecule is CCc1c(C)c2ccc(NC(=O)CC3CCCC3)cc2[nH]c1=O. The Morgan fingerprint density at radius 1 is 1.30 bits per heavy atom. The largest absolute Gasteiger partial charge is 0.326 e. The predicted molar refractivity (Wildman–Crippen MR) is 93.9 cm³/mol. The number of aromatic nitrogens is 1. The highest BCUT2D eigenvalue weighted by atomic mass is 16.1. The van der Waals surface area contributed by atoms with Crippen LogP contribution in [-0.2, 0) is 11.2 Å². The van der Waals surface area contributed by atoms with Gasteiger partial charge in [-0.15, -0.1) is 0 Å². The van der Waals surface area contributed by atoms with E-state index in [0.717, 1.165) is 47.0 Å². The molecule has 3 rings (SSSR count). The van der Waals surface area contributed by atoms with Gasteiger partial charge in [-0.05, 0) is 49.8 Å². The van der Waals surface area contributed by atoms with E-state index in [1.807, 2.05) is 32.0 Å². The van der Waals surface area contributed by atoms with Crippen LogP contribution >= 0.6 is 0 Å². The summed E-state index contributed by atoms with van der Waals surface area (Å²) in [5.74, 6) is 0.602. The predicted octanol–water partition coefficient (Wildman–Crippen LogP) is 3.92. The lowest BCUT2D eigenvalue weighted by molar-refractivity contribution is -0.117. The number of H-pyrrole nitrogens is 1. The summed E-state index contributed by atoms with van der Waals surface area (Å²) in [7, 11) is 0. The molecule has 1 heterocycles. The normalized spacial score (nSPS) is 15.2. The quantitative estimate of drug-likeness (QED) is 0.899. The fourth-order valence-corrected chi connectivity index (χ4v) is 3.70. The van der Waals surface area contributed by atoms with Crippen molar-refractivity contribution >= 4 is 22.5 Å². The summed E-state index contributed by atoms with van der Waals surface area (Å²) >= 11 is 0. The monoisotopic (exact) mass is 312 g/mol. The maximum Gasteiger partial charge on any atom is 0.251 e. The van der Waals surface area contributed by atoms with Gasteiger partial charge >= 0.3 is 0 Å². The van der Waals surface area contributed by atoms with E-state index < -0.39 is 0 Å². The molecular formula is C19H24N2O2. The van der Waals surface area contributed by atoms with E-state index in [1.165, 1.54) is 12.8 Å². The summed E-state index contributed by atoms with van der Waals surface area (Å²) in [5, 5.41) is 4.00.